The Morgan fingerprint density at radius 1 is 1.09 bits per heavy atom. The number of nitrogen functional groups attached to an aromatic ring is 1. The number of aromatic carboxylic acids is 1. The number of aromatic nitrogens is 1. The fraction of sp³-hybridized carbons (Fsp3) is 0.185. The molecule has 1 saturated heterocycles. The molecule has 0 atom stereocenters. The largest absolute Gasteiger partial charge is 0.478 e. The van der Waals surface area contributed by atoms with E-state index >= 15 is 0 Å². The van der Waals surface area contributed by atoms with Gasteiger partial charge in [-0.25, -0.2) is 13.6 Å². The topological polar surface area (TPSA) is 101 Å². The number of halogens is 2. The van der Waals surface area contributed by atoms with Gasteiger partial charge in [0, 0.05) is 58.9 Å². The summed E-state index contributed by atoms with van der Waals surface area (Å²) in [7, 11) is 0. The van der Waals surface area contributed by atoms with Crippen LogP contribution in [0.3, 0.4) is 0 Å². The lowest BCUT2D eigenvalue weighted by Crippen LogP contribution is -2.17. The SMILES string of the molecule is N=Cc1cc2c(cc1N)c(-c1ccc(F)c(C(=O)O)c1)c(C1CCOCC1)n2-c1ccc(F)cc1. The first kappa shape index (κ1) is 22.7. The monoisotopic (exact) mass is 475 g/mol. The highest BCUT2D eigenvalue weighted by molar-refractivity contribution is 6.05. The molecule has 0 spiro atoms. The average Bonchev–Trinajstić information content (AvgIpc) is 3.18. The van der Waals surface area contributed by atoms with Gasteiger partial charge >= 0.3 is 5.97 Å². The van der Waals surface area contributed by atoms with Crippen molar-refractivity contribution in [2.45, 2.75) is 18.8 Å². The first-order valence-electron chi connectivity index (χ1n) is 11.2. The Morgan fingerprint density at radius 3 is 2.46 bits per heavy atom. The summed E-state index contributed by atoms with van der Waals surface area (Å²) in [6.45, 7) is 1.12. The van der Waals surface area contributed by atoms with E-state index in [0.29, 0.717) is 35.7 Å². The van der Waals surface area contributed by atoms with E-state index in [1.54, 1.807) is 30.3 Å². The minimum Gasteiger partial charge on any atom is -0.478 e. The van der Waals surface area contributed by atoms with Gasteiger partial charge in [-0.15, -0.1) is 0 Å². The van der Waals surface area contributed by atoms with E-state index in [9.17, 15) is 18.7 Å². The minimum absolute atomic E-state index is 0.0409. The molecule has 0 unspecified atom stereocenters. The van der Waals surface area contributed by atoms with Crippen molar-refractivity contribution in [3.05, 3.63) is 83.1 Å². The molecule has 0 bridgehead atoms. The molecule has 4 aromatic rings. The van der Waals surface area contributed by atoms with Crippen molar-refractivity contribution in [1.82, 2.24) is 4.57 Å². The lowest BCUT2D eigenvalue weighted by Gasteiger charge is -2.26. The summed E-state index contributed by atoms with van der Waals surface area (Å²) >= 11 is 0. The van der Waals surface area contributed by atoms with Crippen molar-refractivity contribution in [2.75, 3.05) is 18.9 Å². The van der Waals surface area contributed by atoms with Gasteiger partial charge in [0.15, 0.2) is 0 Å². The van der Waals surface area contributed by atoms with Crippen molar-refractivity contribution in [1.29, 1.82) is 5.41 Å². The van der Waals surface area contributed by atoms with Crippen LogP contribution in [0, 0.1) is 17.0 Å². The molecule has 0 radical (unpaired) electrons. The maximum Gasteiger partial charge on any atom is 0.338 e. The molecular formula is C27H23F2N3O3. The zero-order valence-electron chi connectivity index (χ0n) is 18.7. The number of anilines is 1. The summed E-state index contributed by atoms with van der Waals surface area (Å²) in [6.07, 6.45) is 2.62. The summed E-state index contributed by atoms with van der Waals surface area (Å²) in [5, 5.41) is 18.1. The highest BCUT2D eigenvalue weighted by Gasteiger charge is 2.29. The standard InChI is InChI=1S/C27H23F2N3O3/c28-18-2-4-19(5-3-18)32-24-12-17(14-30)23(31)13-21(24)25(26(32)15-7-9-35-10-8-15)16-1-6-22(29)20(11-16)27(33)34/h1-6,11-15,30H,7-10,31H2,(H,33,34). The van der Waals surface area contributed by atoms with Crippen LogP contribution in [0.2, 0.25) is 0 Å². The number of rotatable bonds is 5. The van der Waals surface area contributed by atoms with Crippen LogP contribution in [0.4, 0.5) is 14.5 Å². The van der Waals surface area contributed by atoms with Gasteiger partial charge in [-0.2, -0.15) is 0 Å². The maximum absolute atomic E-state index is 14.3. The molecule has 1 aliphatic heterocycles. The Kier molecular flexibility index (Phi) is 5.82. The Hall–Kier alpha value is -4.04. The molecule has 1 aromatic heterocycles. The second-order valence-corrected chi connectivity index (χ2v) is 8.60. The molecule has 8 heteroatoms. The number of carbonyl (C=O) groups is 1. The van der Waals surface area contributed by atoms with Crippen LogP contribution in [0.5, 0.6) is 0 Å². The van der Waals surface area contributed by atoms with Crippen molar-refractivity contribution < 1.29 is 23.4 Å². The Bertz CT molecular complexity index is 1460. The lowest BCUT2D eigenvalue weighted by molar-refractivity contribution is 0.0692. The predicted molar refractivity (Wildman–Crippen MR) is 131 cm³/mol. The fourth-order valence-corrected chi connectivity index (χ4v) is 4.89. The molecule has 0 aliphatic carbocycles. The van der Waals surface area contributed by atoms with Crippen LogP contribution >= 0.6 is 0 Å². The predicted octanol–water partition coefficient (Wildman–Crippen LogP) is 5.75. The fourth-order valence-electron chi connectivity index (χ4n) is 4.89. The Balaban J connectivity index is 1.92. The number of nitrogens with zero attached hydrogens (tertiary/aromatic N) is 1. The third kappa shape index (κ3) is 3.95. The van der Waals surface area contributed by atoms with Gasteiger partial charge in [0.05, 0.1) is 11.1 Å². The third-order valence-electron chi connectivity index (χ3n) is 6.54. The Morgan fingerprint density at radius 2 is 1.80 bits per heavy atom. The number of nitrogens with two attached hydrogens (primary N) is 1. The number of nitrogens with one attached hydrogen (secondary N) is 1. The van der Waals surface area contributed by atoms with Crippen molar-refractivity contribution in [3.63, 3.8) is 0 Å². The zero-order valence-corrected chi connectivity index (χ0v) is 18.7. The highest BCUT2D eigenvalue weighted by atomic mass is 19.1. The summed E-state index contributed by atoms with van der Waals surface area (Å²) < 4.78 is 35.7. The second-order valence-electron chi connectivity index (χ2n) is 8.60. The van der Waals surface area contributed by atoms with Crippen molar-refractivity contribution in [3.8, 4) is 16.8 Å². The van der Waals surface area contributed by atoms with Crippen molar-refractivity contribution in [2.24, 2.45) is 0 Å². The van der Waals surface area contributed by atoms with Gasteiger partial charge < -0.3 is 25.6 Å². The smallest absolute Gasteiger partial charge is 0.338 e. The lowest BCUT2D eigenvalue weighted by atomic mass is 9.89. The van der Waals surface area contributed by atoms with Gasteiger partial charge in [-0.05, 0) is 66.9 Å². The van der Waals surface area contributed by atoms with E-state index in [-0.39, 0.29) is 11.7 Å². The average molecular weight is 475 g/mol. The molecule has 0 amide bonds. The number of carboxylic acid groups (broad SMARTS) is 1. The number of carboxylic acids is 1. The van der Waals surface area contributed by atoms with Crippen LogP contribution in [-0.4, -0.2) is 35.1 Å². The summed E-state index contributed by atoms with van der Waals surface area (Å²) in [5.74, 6) is -2.50. The summed E-state index contributed by atoms with van der Waals surface area (Å²) in [6, 6.07) is 13.7. The second kappa shape index (κ2) is 8.96. The van der Waals surface area contributed by atoms with Gasteiger partial charge in [0.2, 0.25) is 0 Å². The third-order valence-corrected chi connectivity index (χ3v) is 6.54. The quantitative estimate of drug-likeness (QED) is 0.253. The van der Waals surface area contributed by atoms with Gasteiger partial charge in [0.1, 0.15) is 11.6 Å². The number of hydrogen-bond acceptors (Lipinski definition) is 4. The van der Waals surface area contributed by atoms with E-state index in [2.05, 4.69) is 0 Å². The van der Waals surface area contributed by atoms with E-state index in [4.69, 9.17) is 15.9 Å². The number of hydrogen-bond donors (Lipinski definition) is 3. The van der Waals surface area contributed by atoms with E-state index in [1.807, 2.05) is 4.57 Å². The number of benzene rings is 3. The van der Waals surface area contributed by atoms with Crippen LogP contribution in [-0.2, 0) is 4.74 Å². The molecule has 6 nitrogen and oxygen atoms in total. The van der Waals surface area contributed by atoms with Crippen molar-refractivity contribution >= 4 is 28.8 Å². The molecule has 178 valence electrons. The molecule has 2 heterocycles. The molecule has 4 N–H and O–H groups in total. The molecule has 3 aromatic carbocycles. The van der Waals surface area contributed by atoms with E-state index in [0.717, 1.165) is 41.1 Å². The van der Waals surface area contributed by atoms with E-state index < -0.39 is 17.3 Å². The number of fused-ring (bicyclic) bond motifs is 1. The number of ether oxygens (including phenoxy) is 1. The van der Waals surface area contributed by atoms with Gasteiger partial charge in [0.25, 0.3) is 0 Å². The first-order chi connectivity index (χ1) is 16.9. The molecule has 1 aliphatic rings. The summed E-state index contributed by atoms with van der Waals surface area (Å²) in [5.41, 5.74) is 10.4. The van der Waals surface area contributed by atoms with Crippen LogP contribution in [0.25, 0.3) is 27.7 Å². The van der Waals surface area contributed by atoms with Crippen LogP contribution in [0.1, 0.15) is 40.4 Å². The molecule has 0 saturated carbocycles. The first-order valence-corrected chi connectivity index (χ1v) is 11.2. The molecule has 1 fully saturated rings. The minimum atomic E-state index is -1.36. The zero-order chi connectivity index (χ0) is 24.7. The normalized spacial score (nSPS) is 14.3. The van der Waals surface area contributed by atoms with E-state index in [1.165, 1.54) is 24.4 Å². The van der Waals surface area contributed by atoms with Crippen LogP contribution in [0.15, 0.2) is 54.6 Å². The van der Waals surface area contributed by atoms with Gasteiger partial charge in [-0.3, -0.25) is 0 Å². The van der Waals surface area contributed by atoms with Gasteiger partial charge in [-0.1, -0.05) is 6.07 Å². The molecular weight excluding hydrogens is 452 g/mol. The maximum atomic E-state index is 14.3. The molecule has 5 rings (SSSR count). The van der Waals surface area contributed by atoms with Crippen LogP contribution < -0.4 is 5.73 Å². The Labute approximate surface area is 200 Å². The molecule has 35 heavy (non-hydrogen) atoms. The summed E-state index contributed by atoms with van der Waals surface area (Å²) in [4.78, 5) is 11.7. The highest BCUT2D eigenvalue weighted by Crippen LogP contribution is 2.44.